The maximum absolute atomic E-state index is 11.3. The molecular formula is C8H14ClNO2. The van der Waals surface area contributed by atoms with Gasteiger partial charge < -0.3 is 10.0 Å². The van der Waals surface area contributed by atoms with Crippen molar-refractivity contribution in [2.75, 3.05) is 19.0 Å². The van der Waals surface area contributed by atoms with E-state index in [0.29, 0.717) is 18.8 Å². The molecule has 0 bridgehead atoms. The van der Waals surface area contributed by atoms with E-state index < -0.39 is 0 Å². The monoisotopic (exact) mass is 191 g/mol. The van der Waals surface area contributed by atoms with Gasteiger partial charge in [0.05, 0.1) is 6.10 Å². The van der Waals surface area contributed by atoms with Crippen molar-refractivity contribution in [3.63, 3.8) is 0 Å². The van der Waals surface area contributed by atoms with E-state index in [9.17, 15) is 9.90 Å². The minimum atomic E-state index is -0.335. The quantitative estimate of drug-likeness (QED) is 0.650. The van der Waals surface area contributed by atoms with Crippen LogP contribution < -0.4 is 0 Å². The lowest BCUT2D eigenvalue weighted by molar-refractivity contribution is -0.133. The predicted octanol–water partition coefficient (Wildman–Crippen LogP) is 0.599. The van der Waals surface area contributed by atoms with Crippen LogP contribution in [0.25, 0.3) is 0 Å². The Hall–Kier alpha value is -0.280. The summed E-state index contributed by atoms with van der Waals surface area (Å²) in [5.41, 5.74) is 0. The highest BCUT2D eigenvalue weighted by molar-refractivity contribution is 6.18. The maximum atomic E-state index is 11.3. The predicted molar refractivity (Wildman–Crippen MR) is 47.2 cm³/mol. The summed E-state index contributed by atoms with van der Waals surface area (Å²) < 4.78 is 0. The fraction of sp³-hybridized carbons (Fsp3) is 0.875. The highest BCUT2D eigenvalue weighted by Crippen LogP contribution is 2.10. The third-order valence-electron chi connectivity index (χ3n) is 2.06. The molecule has 1 fully saturated rings. The molecule has 0 saturated carbocycles. The summed E-state index contributed by atoms with van der Waals surface area (Å²) in [4.78, 5) is 13.0. The average Bonchev–Trinajstić information content (AvgIpc) is 2.05. The van der Waals surface area contributed by atoms with Crippen molar-refractivity contribution in [3.05, 3.63) is 0 Å². The third-order valence-corrected chi connectivity index (χ3v) is 2.25. The summed E-state index contributed by atoms with van der Waals surface area (Å²) in [5, 5.41) is 9.27. The van der Waals surface area contributed by atoms with Gasteiger partial charge in [-0.2, -0.15) is 0 Å². The summed E-state index contributed by atoms with van der Waals surface area (Å²) in [6.07, 6.45) is 1.76. The lowest BCUT2D eigenvalue weighted by Crippen LogP contribution is -2.42. The van der Waals surface area contributed by atoms with Gasteiger partial charge in [-0.05, 0) is 12.8 Å². The summed E-state index contributed by atoms with van der Waals surface area (Å²) in [5.74, 6) is 0.426. The first kappa shape index (κ1) is 9.81. The van der Waals surface area contributed by atoms with Crippen molar-refractivity contribution >= 4 is 17.5 Å². The zero-order valence-corrected chi connectivity index (χ0v) is 7.76. The Morgan fingerprint density at radius 2 is 2.42 bits per heavy atom. The number of carbonyl (C=O) groups is 1. The second-order valence-corrected chi connectivity index (χ2v) is 3.45. The molecule has 3 nitrogen and oxygen atoms in total. The maximum Gasteiger partial charge on any atom is 0.223 e. The Labute approximate surface area is 77.3 Å². The van der Waals surface area contributed by atoms with E-state index in [2.05, 4.69) is 0 Å². The number of aliphatic hydroxyl groups excluding tert-OH is 1. The highest BCUT2D eigenvalue weighted by Gasteiger charge is 2.20. The van der Waals surface area contributed by atoms with Crippen LogP contribution in [0.5, 0.6) is 0 Å². The van der Waals surface area contributed by atoms with Gasteiger partial charge in [-0.25, -0.2) is 0 Å². The number of β-amino-alcohol motifs (C(OH)–C–C–N with tert-alkyl or cyclic N) is 1. The molecule has 1 rings (SSSR count). The largest absolute Gasteiger partial charge is 0.391 e. The molecule has 0 aromatic carbocycles. The van der Waals surface area contributed by atoms with E-state index in [-0.39, 0.29) is 12.0 Å². The molecule has 1 aliphatic rings. The zero-order chi connectivity index (χ0) is 8.97. The number of carbonyl (C=O) groups excluding carboxylic acids is 1. The van der Waals surface area contributed by atoms with Crippen LogP contribution in [0.1, 0.15) is 19.3 Å². The number of halogens is 1. The third kappa shape index (κ3) is 2.64. The smallest absolute Gasteiger partial charge is 0.223 e. The van der Waals surface area contributed by atoms with Crippen LogP contribution >= 0.6 is 11.6 Å². The Balaban J connectivity index is 2.35. The van der Waals surface area contributed by atoms with Crippen molar-refractivity contribution in [3.8, 4) is 0 Å². The van der Waals surface area contributed by atoms with E-state index in [0.717, 1.165) is 19.4 Å². The first-order valence-electron chi connectivity index (χ1n) is 4.26. The summed E-state index contributed by atoms with van der Waals surface area (Å²) in [6.45, 7) is 1.25. The molecule has 1 saturated heterocycles. The number of likely N-dealkylation sites (tertiary alicyclic amines) is 1. The molecule has 0 aromatic heterocycles. The molecule has 0 spiro atoms. The Morgan fingerprint density at radius 1 is 1.67 bits per heavy atom. The number of nitrogens with zero attached hydrogens (tertiary/aromatic N) is 1. The summed E-state index contributed by atoms with van der Waals surface area (Å²) >= 11 is 5.44. The van der Waals surface area contributed by atoms with Gasteiger partial charge in [0.1, 0.15) is 0 Å². The molecule has 0 radical (unpaired) electrons. The van der Waals surface area contributed by atoms with Crippen molar-refractivity contribution in [1.82, 2.24) is 4.90 Å². The number of aliphatic hydroxyl groups is 1. The number of hydrogen-bond donors (Lipinski definition) is 1. The number of alkyl halides is 1. The molecule has 0 aliphatic carbocycles. The first-order valence-corrected chi connectivity index (χ1v) is 4.79. The van der Waals surface area contributed by atoms with Crippen LogP contribution in [-0.2, 0) is 4.79 Å². The van der Waals surface area contributed by atoms with Gasteiger partial charge in [0.2, 0.25) is 5.91 Å². The van der Waals surface area contributed by atoms with Gasteiger partial charge >= 0.3 is 0 Å². The fourth-order valence-electron chi connectivity index (χ4n) is 1.42. The molecular weight excluding hydrogens is 178 g/mol. The van der Waals surface area contributed by atoms with Gasteiger partial charge in [0, 0.05) is 25.4 Å². The van der Waals surface area contributed by atoms with Crippen LogP contribution in [0.15, 0.2) is 0 Å². The Bertz CT molecular complexity index is 163. The van der Waals surface area contributed by atoms with Crippen LogP contribution in [-0.4, -0.2) is 41.0 Å². The highest BCUT2D eigenvalue weighted by atomic mass is 35.5. The number of amides is 1. The van der Waals surface area contributed by atoms with E-state index in [1.165, 1.54) is 0 Å². The molecule has 70 valence electrons. The van der Waals surface area contributed by atoms with Crippen LogP contribution in [0, 0.1) is 0 Å². The molecule has 4 heteroatoms. The van der Waals surface area contributed by atoms with E-state index >= 15 is 0 Å². The molecule has 1 aliphatic heterocycles. The van der Waals surface area contributed by atoms with Crippen molar-refractivity contribution in [2.45, 2.75) is 25.4 Å². The summed E-state index contributed by atoms with van der Waals surface area (Å²) in [6, 6.07) is 0. The topological polar surface area (TPSA) is 40.5 Å². The molecule has 1 amide bonds. The lowest BCUT2D eigenvalue weighted by Gasteiger charge is -2.29. The average molecular weight is 192 g/mol. The SMILES string of the molecule is O=C(CCCl)N1CCCC(O)C1. The van der Waals surface area contributed by atoms with Crippen LogP contribution in [0.2, 0.25) is 0 Å². The molecule has 0 aromatic rings. The standard InChI is InChI=1S/C8H14ClNO2/c9-4-3-8(12)10-5-1-2-7(11)6-10/h7,11H,1-6H2. The fourth-order valence-corrected chi connectivity index (χ4v) is 1.58. The van der Waals surface area contributed by atoms with Crippen molar-refractivity contribution < 1.29 is 9.90 Å². The Kier molecular flexibility index (Phi) is 3.82. The Morgan fingerprint density at radius 3 is 3.00 bits per heavy atom. The van der Waals surface area contributed by atoms with E-state index in [1.54, 1.807) is 4.90 Å². The minimum absolute atomic E-state index is 0.0590. The first-order chi connectivity index (χ1) is 5.74. The van der Waals surface area contributed by atoms with Crippen molar-refractivity contribution in [1.29, 1.82) is 0 Å². The van der Waals surface area contributed by atoms with Gasteiger partial charge in [0.25, 0.3) is 0 Å². The van der Waals surface area contributed by atoms with Gasteiger partial charge in [-0.1, -0.05) is 0 Å². The molecule has 1 atom stereocenters. The minimum Gasteiger partial charge on any atom is -0.391 e. The van der Waals surface area contributed by atoms with Gasteiger partial charge in [-0.15, -0.1) is 11.6 Å². The second kappa shape index (κ2) is 4.67. The number of rotatable bonds is 2. The normalized spacial score (nSPS) is 24.2. The molecule has 1 unspecified atom stereocenters. The van der Waals surface area contributed by atoms with Crippen LogP contribution in [0.3, 0.4) is 0 Å². The molecule has 1 heterocycles. The van der Waals surface area contributed by atoms with Crippen molar-refractivity contribution in [2.24, 2.45) is 0 Å². The molecule has 12 heavy (non-hydrogen) atoms. The van der Waals surface area contributed by atoms with Crippen LogP contribution in [0.4, 0.5) is 0 Å². The van der Waals surface area contributed by atoms with Gasteiger partial charge in [0.15, 0.2) is 0 Å². The lowest BCUT2D eigenvalue weighted by atomic mass is 10.1. The second-order valence-electron chi connectivity index (χ2n) is 3.07. The van der Waals surface area contributed by atoms with E-state index in [1.807, 2.05) is 0 Å². The number of piperidine rings is 1. The zero-order valence-electron chi connectivity index (χ0n) is 7.00. The van der Waals surface area contributed by atoms with Gasteiger partial charge in [-0.3, -0.25) is 4.79 Å². The molecule has 1 N–H and O–H groups in total. The van der Waals surface area contributed by atoms with E-state index in [4.69, 9.17) is 11.6 Å². The summed E-state index contributed by atoms with van der Waals surface area (Å²) in [7, 11) is 0. The number of hydrogen-bond acceptors (Lipinski definition) is 2.